The zero-order valence-corrected chi connectivity index (χ0v) is 20.7. The Labute approximate surface area is 193 Å². The van der Waals surface area contributed by atoms with Gasteiger partial charge in [-0.15, -0.1) is 0 Å². The van der Waals surface area contributed by atoms with Crippen molar-refractivity contribution in [2.45, 2.75) is 37.5 Å². The Kier molecular flexibility index (Phi) is 9.73. The van der Waals surface area contributed by atoms with E-state index in [9.17, 15) is 21.6 Å². The summed E-state index contributed by atoms with van der Waals surface area (Å²) in [7, 11) is -7.52. The molecule has 2 atom stereocenters. The molecule has 1 aromatic rings. The van der Waals surface area contributed by atoms with E-state index in [1.54, 1.807) is 32.9 Å². The maximum absolute atomic E-state index is 12.5. The standard InChI is InChI=1S/C19H24Cl2O8S2/c1-19(2,3)27-18(22)15-9-6-13(7-10-16(20)28-30(4,23)24)12-14(15)8-11-17(21)29-31(5,25)26/h6-12,16-17H,1-5H3. The maximum atomic E-state index is 12.5. The minimum atomic E-state index is -3.78. The van der Waals surface area contributed by atoms with Crippen LogP contribution < -0.4 is 0 Å². The molecule has 0 spiro atoms. The van der Waals surface area contributed by atoms with E-state index in [0.29, 0.717) is 11.1 Å². The van der Waals surface area contributed by atoms with Crippen LogP contribution in [-0.2, 0) is 33.3 Å². The van der Waals surface area contributed by atoms with Gasteiger partial charge in [-0.3, -0.25) is 0 Å². The van der Waals surface area contributed by atoms with Gasteiger partial charge in [0.15, 0.2) is 11.1 Å². The van der Waals surface area contributed by atoms with Crippen LogP contribution >= 0.6 is 23.2 Å². The number of ether oxygens (including phenoxy) is 1. The summed E-state index contributed by atoms with van der Waals surface area (Å²) in [5, 5.41) is 0. The third-order valence-electron chi connectivity index (χ3n) is 3.09. The molecule has 0 aliphatic rings. The van der Waals surface area contributed by atoms with E-state index >= 15 is 0 Å². The molecule has 31 heavy (non-hydrogen) atoms. The van der Waals surface area contributed by atoms with Crippen molar-refractivity contribution in [3.8, 4) is 0 Å². The smallest absolute Gasteiger partial charge is 0.339 e. The second-order valence-electron chi connectivity index (χ2n) is 7.37. The number of alkyl halides is 2. The highest BCUT2D eigenvalue weighted by atomic mass is 35.5. The SMILES string of the molecule is CC(C)(C)OC(=O)c1ccc(C=CC(Cl)OS(C)(=O)=O)cc1C=CC(Cl)OS(C)(=O)=O. The molecule has 0 aliphatic carbocycles. The van der Waals surface area contributed by atoms with Gasteiger partial charge in [-0.1, -0.05) is 41.4 Å². The first-order chi connectivity index (χ1) is 14.0. The first kappa shape index (κ1) is 27.6. The molecule has 0 aromatic heterocycles. The normalized spacial score (nSPS) is 15.3. The van der Waals surface area contributed by atoms with E-state index < -0.39 is 42.9 Å². The van der Waals surface area contributed by atoms with Gasteiger partial charge in [-0.25, -0.2) is 13.2 Å². The highest BCUT2D eigenvalue weighted by molar-refractivity contribution is 7.86. The van der Waals surface area contributed by atoms with Crippen LogP contribution in [-0.4, -0.2) is 52.0 Å². The first-order valence-electron chi connectivity index (χ1n) is 8.74. The van der Waals surface area contributed by atoms with Gasteiger partial charge < -0.3 is 4.74 Å². The number of esters is 1. The number of rotatable bonds is 9. The van der Waals surface area contributed by atoms with Crippen molar-refractivity contribution in [1.29, 1.82) is 0 Å². The molecule has 1 rings (SSSR count). The lowest BCUT2D eigenvalue weighted by molar-refractivity contribution is 0.00692. The summed E-state index contributed by atoms with van der Waals surface area (Å²) >= 11 is 11.7. The van der Waals surface area contributed by atoms with Gasteiger partial charge in [-0.2, -0.15) is 16.8 Å². The summed E-state index contributed by atoms with van der Waals surface area (Å²) in [6, 6.07) is 4.65. The second kappa shape index (κ2) is 10.9. The molecule has 0 saturated heterocycles. The van der Waals surface area contributed by atoms with Gasteiger partial charge in [0.05, 0.1) is 18.1 Å². The molecule has 0 fully saturated rings. The number of hydrogen-bond donors (Lipinski definition) is 0. The molecule has 0 amide bonds. The predicted molar refractivity (Wildman–Crippen MR) is 121 cm³/mol. The highest BCUT2D eigenvalue weighted by Gasteiger charge is 2.20. The van der Waals surface area contributed by atoms with Crippen LogP contribution in [0.5, 0.6) is 0 Å². The first-order valence-corrected chi connectivity index (χ1v) is 13.2. The lowest BCUT2D eigenvalue weighted by atomic mass is 10.0. The van der Waals surface area contributed by atoms with Gasteiger partial charge in [0, 0.05) is 0 Å². The van der Waals surface area contributed by atoms with Gasteiger partial charge in [0.2, 0.25) is 0 Å². The zero-order chi connectivity index (χ0) is 24.0. The summed E-state index contributed by atoms with van der Waals surface area (Å²) in [6.45, 7) is 5.15. The average Bonchev–Trinajstić information content (AvgIpc) is 2.53. The quantitative estimate of drug-likeness (QED) is 0.278. The van der Waals surface area contributed by atoms with E-state index in [0.717, 1.165) is 12.5 Å². The number of carbonyl (C=O) groups is 1. The van der Waals surface area contributed by atoms with Crippen molar-refractivity contribution in [2.75, 3.05) is 12.5 Å². The number of carbonyl (C=O) groups excluding carboxylic acids is 1. The summed E-state index contributed by atoms with van der Waals surface area (Å²) in [5.41, 5.74) is -2.16. The predicted octanol–water partition coefficient (Wildman–Crippen LogP) is 3.75. The van der Waals surface area contributed by atoms with Crippen molar-refractivity contribution >= 4 is 61.6 Å². The number of hydrogen-bond acceptors (Lipinski definition) is 8. The van der Waals surface area contributed by atoms with Crippen LogP contribution in [0.15, 0.2) is 30.4 Å². The molecule has 2 unspecified atom stereocenters. The topological polar surface area (TPSA) is 113 Å². The molecule has 0 bridgehead atoms. The lowest BCUT2D eigenvalue weighted by Gasteiger charge is -2.20. The van der Waals surface area contributed by atoms with E-state index in [2.05, 4.69) is 8.37 Å². The molecular formula is C19H24Cl2O8S2. The molecule has 0 aliphatic heterocycles. The van der Waals surface area contributed by atoms with E-state index in [1.165, 1.54) is 30.4 Å². The average molecular weight is 515 g/mol. The summed E-state index contributed by atoms with van der Waals surface area (Å²) < 4.78 is 59.2. The third-order valence-corrected chi connectivity index (χ3v) is 4.89. The maximum Gasteiger partial charge on any atom is 0.339 e. The Balaban J connectivity index is 3.26. The van der Waals surface area contributed by atoms with E-state index in [4.69, 9.17) is 27.9 Å². The molecule has 0 N–H and O–H groups in total. The highest BCUT2D eigenvalue weighted by Crippen LogP contribution is 2.21. The third kappa shape index (κ3) is 12.3. The van der Waals surface area contributed by atoms with E-state index in [-0.39, 0.29) is 5.56 Å². The lowest BCUT2D eigenvalue weighted by Crippen LogP contribution is -2.24. The molecule has 12 heteroatoms. The van der Waals surface area contributed by atoms with E-state index in [1.807, 2.05) is 0 Å². The Bertz CT molecular complexity index is 1050. The molecular weight excluding hydrogens is 491 g/mol. The fourth-order valence-electron chi connectivity index (χ4n) is 2.11. The summed E-state index contributed by atoms with van der Waals surface area (Å²) in [5.74, 6) is -0.603. The summed E-state index contributed by atoms with van der Waals surface area (Å²) in [6.07, 6.45) is 7.17. The minimum Gasteiger partial charge on any atom is -0.456 e. The molecule has 0 radical (unpaired) electrons. The van der Waals surface area contributed by atoms with Crippen LogP contribution in [0.3, 0.4) is 0 Å². The Morgan fingerprint density at radius 2 is 1.42 bits per heavy atom. The molecule has 1 aromatic carbocycles. The van der Waals surface area contributed by atoms with Gasteiger partial charge in [0.1, 0.15) is 5.60 Å². The largest absolute Gasteiger partial charge is 0.456 e. The Morgan fingerprint density at radius 3 is 1.87 bits per heavy atom. The number of benzene rings is 1. The van der Waals surface area contributed by atoms with Crippen LogP contribution in [0, 0.1) is 0 Å². The van der Waals surface area contributed by atoms with Crippen molar-refractivity contribution in [3.05, 3.63) is 47.0 Å². The molecule has 0 saturated carbocycles. The van der Waals surface area contributed by atoms with Crippen LogP contribution in [0.25, 0.3) is 12.2 Å². The molecule has 174 valence electrons. The number of halogens is 2. The van der Waals surface area contributed by atoms with Crippen LogP contribution in [0.4, 0.5) is 0 Å². The monoisotopic (exact) mass is 514 g/mol. The van der Waals surface area contributed by atoms with Crippen molar-refractivity contribution < 1.29 is 34.7 Å². The Morgan fingerprint density at radius 1 is 0.935 bits per heavy atom. The van der Waals surface area contributed by atoms with Gasteiger partial charge in [-0.05, 0) is 56.2 Å². The van der Waals surface area contributed by atoms with Crippen molar-refractivity contribution in [1.82, 2.24) is 0 Å². The van der Waals surface area contributed by atoms with Crippen LogP contribution in [0.1, 0.15) is 42.3 Å². The van der Waals surface area contributed by atoms with Gasteiger partial charge in [0.25, 0.3) is 20.2 Å². The van der Waals surface area contributed by atoms with Crippen LogP contribution in [0.2, 0.25) is 0 Å². The molecule has 0 heterocycles. The van der Waals surface area contributed by atoms with Crippen molar-refractivity contribution in [2.24, 2.45) is 0 Å². The minimum absolute atomic E-state index is 0.196. The fourth-order valence-corrected chi connectivity index (χ4v) is 3.84. The van der Waals surface area contributed by atoms with Crippen molar-refractivity contribution in [3.63, 3.8) is 0 Å². The van der Waals surface area contributed by atoms with Gasteiger partial charge >= 0.3 is 5.97 Å². The summed E-state index contributed by atoms with van der Waals surface area (Å²) in [4.78, 5) is 12.5. The zero-order valence-electron chi connectivity index (χ0n) is 17.5. The fraction of sp³-hybridized carbons (Fsp3) is 0.421. The Hall–Kier alpha value is -1.43. The second-order valence-corrected chi connectivity index (χ2v) is 11.4. The molecule has 8 nitrogen and oxygen atoms in total.